The molecule has 2 aromatic carbocycles. The molecule has 1 aromatic heterocycles. The summed E-state index contributed by atoms with van der Waals surface area (Å²) in [6.07, 6.45) is 8.19. The second-order valence-electron chi connectivity index (χ2n) is 12.7. The van der Waals surface area contributed by atoms with Gasteiger partial charge in [-0.1, -0.05) is 42.5 Å². The molecule has 3 aliphatic heterocycles. The summed E-state index contributed by atoms with van der Waals surface area (Å²) < 4.78 is 2.52. The number of hydrogen-bond donors (Lipinski definition) is 1. The van der Waals surface area contributed by atoms with Crippen LogP contribution in [0.2, 0.25) is 0 Å². The molecule has 3 fully saturated rings. The van der Waals surface area contributed by atoms with Crippen LogP contribution in [-0.4, -0.2) is 62.5 Å². The summed E-state index contributed by atoms with van der Waals surface area (Å²) in [7, 11) is 0. The molecule has 3 aliphatic rings. The lowest BCUT2D eigenvalue weighted by Crippen LogP contribution is -2.55. The Hall–Kier alpha value is -2.70. The standard InChI is InChI=1S/C32H43N5O/c1-23-34-28-11-7-8-12-29(28)37(23)27-21-25-13-14-26(22-27)36(25)20-17-32(24-9-5-4-6-10-24)15-18-35(19-16-32)30(38)31(2,3)33/h4-12,25-27H,13-22,33H2,1-3H3. The highest BCUT2D eigenvalue weighted by atomic mass is 16.2. The molecule has 2 N–H and O–H groups in total. The van der Waals surface area contributed by atoms with Crippen LogP contribution in [0.1, 0.15) is 76.2 Å². The largest absolute Gasteiger partial charge is 0.341 e. The maximum Gasteiger partial charge on any atom is 0.242 e. The maximum atomic E-state index is 12.9. The number of nitrogens with two attached hydrogens (primary N) is 1. The van der Waals surface area contributed by atoms with Gasteiger partial charge in [0.25, 0.3) is 0 Å². The van der Waals surface area contributed by atoms with Crippen LogP contribution in [0.4, 0.5) is 0 Å². The molecule has 202 valence electrons. The lowest BCUT2D eigenvalue weighted by atomic mass is 9.70. The molecule has 0 spiro atoms. The molecular weight excluding hydrogens is 470 g/mol. The van der Waals surface area contributed by atoms with Crippen LogP contribution in [0.3, 0.4) is 0 Å². The van der Waals surface area contributed by atoms with Crippen LogP contribution in [0.15, 0.2) is 54.6 Å². The van der Waals surface area contributed by atoms with E-state index in [9.17, 15) is 4.79 Å². The van der Waals surface area contributed by atoms with E-state index >= 15 is 0 Å². The maximum absolute atomic E-state index is 12.9. The molecule has 38 heavy (non-hydrogen) atoms. The van der Waals surface area contributed by atoms with E-state index in [4.69, 9.17) is 10.7 Å². The number of aromatic nitrogens is 2. The SMILES string of the molecule is Cc1nc2ccccc2n1C1CC2CCC(C1)N2CCC1(c2ccccc2)CCN(C(=O)C(C)(C)N)CC1. The van der Waals surface area contributed by atoms with Gasteiger partial charge in [0.1, 0.15) is 5.82 Å². The van der Waals surface area contributed by atoms with E-state index in [1.165, 1.54) is 36.8 Å². The summed E-state index contributed by atoms with van der Waals surface area (Å²) in [4.78, 5) is 22.6. The third-order valence-corrected chi connectivity index (χ3v) is 9.79. The van der Waals surface area contributed by atoms with E-state index in [2.05, 4.69) is 71.0 Å². The number of para-hydroxylation sites is 2. The van der Waals surface area contributed by atoms with Crippen molar-refractivity contribution in [2.24, 2.45) is 5.73 Å². The van der Waals surface area contributed by atoms with Crippen molar-refractivity contribution in [3.63, 3.8) is 0 Å². The van der Waals surface area contributed by atoms with Gasteiger partial charge in [0.05, 0.1) is 16.6 Å². The fraction of sp³-hybridized carbons (Fsp3) is 0.562. The average Bonchev–Trinajstić information content (AvgIpc) is 3.38. The first-order chi connectivity index (χ1) is 18.2. The minimum atomic E-state index is -0.810. The summed E-state index contributed by atoms with van der Waals surface area (Å²) in [6.45, 7) is 8.52. The number of amides is 1. The van der Waals surface area contributed by atoms with Gasteiger partial charge in [0.15, 0.2) is 0 Å². The molecular formula is C32H43N5O. The molecule has 6 heteroatoms. The normalized spacial score (nSPS) is 25.7. The number of rotatable bonds is 6. The molecule has 2 unspecified atom stereocenters. The van der Waals surface area contributed by atoms with Gasteiger partial charge < -0.3 is 15.2 Å². The van der Waals surface area contributed by atoms with Crippen molar-refractivity contribution in [1.82, 2.24) is 19.4 Å². The van der Waals surface area contributed by atoms with E-state index in [0.717, 1.165) is 50.2 Å². The molecule has 2 bridgehead atoms. The molecule has 6 rings (SSSR count). The van der Waals surface area contributed by atoms with Gasteiger partial charge in [-0.05, 0) is 95.4 Å². The number of piperidine rings is 2. The fourth-order valence-corrected chi connectivity index (χ4v) is 7.81. The molecule has 0 aliphatic carbocycles. The second-order valence-corrected chi connectivity index (χ2v) is 12.7. The van der Waals surface area contributed by atoms with E-state index < -0.39 is 5.54 Å². The monoisotopic (exact) mass is 513 g/mol. The number of aryl methyl sites for hydroxylation is 1. The molecule has 3 saturated heterocycles. The number of fused-ring (bicyclic) bond motifs is 3. The third-order valence-electron chi connectivity index (χ3n) is 9.79. The van der Waals surface area contributed by atoms with Gasteiger partial charge in [-0.2, -0.15) is 0 Å². The second kappa shape index (κ2) is 9.80. The molecule has 0 radical (unpaired) electrons. The fourth-order valence-electron chi connectivity index (χ4n) is 7.81. The van der Waals surface area contributed by atoms with Crippen molar-refractivity contribution in [3.05, 3.63) is 66.0 Å². The molecule has 0 saturated carbocycles. The lowest BCUT2D eigenvalue weighted by molar-refractivity contribution is -0.137. The number of carbonyl (C=O) groups is 1. The number of benzene rings is 2. The first-order valence-electron chi connectivity index (χ1n) is 14.6. The third kappa shape index (κ3) is 4.56. The van der Waals surface area contributed by atoms with Crippen LogP contribution in [0.25, 0.3) is 11.0 Å². The quantitative estimate of drug-likeness (QED) is 0.492. The Kier molecular flexibility index (Phi) is 6.59. The Labute approximate surface area is 227 Å². The van der Waals surface area contributed by atoms with Crippen LogP contribution >= 0.6 is 0 Å². The number of imidazole rings is 1. The van der Waals surface area contributed by atoms with E-state index in [1.54, 1.807) is 0 Å². The van der Waals surface area contributed by atoms with E-state index in [0.29, 0.717) is 18.1 Å². The summed E-state index contributed by atoms with van der Waals surface area (Å²) >= 11 is 0. The Bertz CT molecular complexity index is 1270. The Morgan fingerprint density at radius 1 is 0.974 bits per heavy atom. The van der Waals surface area contributed by atoms with Crippen molar-refractivity contribution >= 4 is 16.9 Å². The lowest BCUT2D eigenvalue weighted by Gasteiger charge is -2.46. The molecule has 1 amide bonds. The number of carbonyl (C=O) groups excluding carboxylic acids is 1. The highest BCUT2D eigenvalue weighted by Gasteiger charge is 2.44. The predicted octanol–water partition coefficient (Wildman–Crippen LogP) is 5.20. The summed E-state index contributed by atoms with van der Waals surface area (Å²) in [6, 6.07) is 21.5. The van der Waals surface area contributed by atoms with E-state index in [-0.39, 0.29) is 11.3 Å². The predicted molar refractivity (Wildman–Crippen MR) is 153 cm³/mol. The average molecular weight is 514 g/mol. The first-order valence-corrected chi connectivity index (χ1v) is 14.6. The first kappa shape index (κ1) is 25.6. The van der Waals surface area contributed by atoms with Crippen LogP contribution < -0.4 is 5.73 Å². The van der Waals surface area contributed by atoms with Gasteiger partial charge in [-0.3, -0.25) is 9.69 Å². The molecule has 4 heterocycles. The smallest absolute Gasteiger partial charge is 0.242 e. The number of likely N-dealkylation sites (tertiary alicyclic amines) is 1. The van der Waals surface area contributed by atoms with Gasteiger partial charge in [0, 0.05) is 31.2 Å². The van der Waals surface area contributed by atoms with Crippen molar-refractivity contribution in [2.45, 2.75) is 94.8 Å². The molecule has 6 nitrogen and oxygen atoms in total. The van der Waals surface area contributed by atoms with Gasteiger partial charge in [-0.15, -0.1) is 0 Å². The van der Waals surface area contributed by atoms with Gasteiger partial charge >= 0.3 is 0 Å². The Balaban J connectivity index is 1.17. The summed E-state index contributed by atoms with van der Waals surface area (Å²) in [5, 5.41) is 0. The van der Waals surface area contributed by atoms with Crippen molar-refractivity contribution in [1.29, 1.82) is 0 Å². The zero-order chi connectivity index (χ0) is 26.5. The summed E-state index contributed by atoms with van der Waals surface area (Å²) in [5.41, 5.74) is 9.31. The van der Waals surface area contributed by atoms with E-state index in [1.807, 2.05) is 18.7 Å². The molecule has 3 aromatic rings. The zero-order valence-corrected chi connectivity index (χ0v) is 23.3. The highest BCUT2D eigenvalue weighted by Crippen LogP contribution is 2.45. The highest BCUT2D eigenvalue weighted by molar-refractivity contribution is 5.85. The number of nitrogens with zero attached hydrogens (tertiary/aromatic N) is 4. The van der Waals surface area contributed by atoms with Crippen molar-refractivity contribution in [2.75, 3.05) is 19.6 Å². The zero-order valence-electron chi connectivity index (χ0n) is 23.3. The van der Waals surface area contributed by atoms with Crippen molar-refractivity contribution in [3.8, 4) is 0 Å². The Morgan fingerprint density at radius 2 is 1.61 bits per heavy atom. The topological polar surface area (TPSA) is 67.4 Å². The van der Waals surface area contributed by atoms with Crippen LogP contribution in [0.5, 0.6) is 0 Å². The number of hydrogen-bond acceptors (Lipinski definition) is 4. The summed E-state index contributed by atoms with van der Waals surface area (Å²) in [5.74, 6) is 1.22. The minimum absolute atomic E-state index is 0.0709. The Morgan fingerprint density at radius 3 is 2.26 bits per heavy atom. The van der Waals surface area contributed by atoms with Gasteiger partial charge in [-0.25, -0.2) is 4.98 Å². The van der Waals surface area contributed by atoms with Crippen molar-refractivity contribution < 1.29 is 4.79 Å². The van der Waals surface area contributed by atoms with Gasteiger partial charge in [0.2, 0.25) is 5.91 Å². The van der Waals surface area contributed by atoms with Crippen LogP contribution in [-0.2, 0) is 10.2 Å². The van der Waals surface area contributed by atoms with Crippen LogP contribution in [0, 0.1) is 6.92 Å². The molecule has 2 atom stereocenters. The minimum Gasteiger partial charge on any atom is -0.341 e.